The second kappa shape index (κ2) is 9.46. The van der Waals surface area contributed by atoms with Crippen LogP contribution in [0.4, 0.5) is 13.6 Å². The van der Waals surface area contributed by atoms with Crippen molar-refractivity contribution in [3.05, 3.63) is 47.0 Å². The molecule has 192 valence electrons. The number of urea groups is 1. The fraction of sp³-hybridized carbons (Fsp3) is 0.552. The van der Waals surface area contributed by atoms with Crippen LogP contribution in [0.3, 0.4) is 0 Å². The second-order valence-electron chi connectivity index (χ2n) is 10.8. The molecule has 3 aliphatic rings. The smallest absolute Gasteiger partial charge is 0.318 e. The maximum Gasteiger partial charge on any atom is 0.318 e. The number of allylic oxidation sites excluding steroid dienone is 1. The monoisotopic (exact) mass is 496 g/mol. The van der Waals surface area contributed by atoms with Gasteiger partial charge in [-0.15, -0.1) is 12.5 Å². The Morgan fingerprint density at radius 3 is 2.17 bits per heavy atom. The topological polar surface area (TPSA) is 66.5 Å². The number of hydrogen-bond acceptors (Lipinski definition) is 3. The summed E-state index contributed by atoms with van der Waals surface area (Å²) in [6.07, 6.45) is 2.77. The van der Waals surface area contributed by atoms with Crippen molar-refractivity contribution in [1.82, 2.24) is 10.2 Å². The summed E-state index contributed by atoms with van der Waals surface area (Å²) in [5, 5.41) is 2.57. The minimum Gasteiger partial charge on any atom is -0.326 e. The molecule has 1 heterocycles. The van der Waals surface area contributed by atoms with E-state index in [9.17, 15) is 23.2 Å². The van der Waals surface area contributed by atoms with Crippen molar-refractivity contribution in [2.24, 2.45) is 5.41 Å². The van der Waals surface area contributed by atoms with Gasteiger partial charge in [0.2, 0.25) is 0 Å². The number of aryl methyl sites for hydroxylation is 2. The van der Waals surface area contributed by atoms with E-state index in [1.54, 1.807) is 6.92 Å². The highest BCUT2D eigenvalue weighted by atomic mass is 19.3. The third-order valence-corrected chi connectivity index (χ3v) is 8.20. The van der Waals surface area contributed by atoms with Crippen molar-refractivity contribution >= 4 is 17.6 Å². The summed E-state index contributed by atoms with van der Waals surface area (Å²) in [6.45, 7) is 9.66. The molecule has 1 spiro atoms. The number of alkyl halides is 2. The first-order valence-corrected chi connectivity index (χ1v) is 12.6. The Morgan fingerprint density at radius 2 is 1.69 bits per heavy atom. The zero-order valence-corrected chi connectivity index (χ0v) is 21.3. The van der Waals surface area contributed by atoms with Crippen LogP contribution >= 0.6 is 0 Å². The molecule has 7 heteroatoms. The Morgan fingerprint density at radius 1 is 1.14 bits per heavy atom. The van der Waals surface area contributed by atoms with Crippen molar-refractivity contribution in [3.63, 3.8) is 0 Å². The third kappa shape index (κ3) is 4.70. The van der Waals surface area contributed by atoms with E-state index in [4.69, 9.17) is 0 Å². The van der Waals surface area contributed by atoms with Crippen LogP contribution in [0.2, 0.25) is 0 Å². The van der Waals surface area contributed by atoms with Gasteiger partial charge in [0.25, 0.3) is 5.92 Å². The highest BCUT2D eigenvalue weighted by molar-refractivity contribution is 6.10. The molecule has 1 aliphatic heterocycles. The van der Waals surface area contributed by atoms with E-state index in [0.29, 0.717) is 25.9 Å². The first kappa shape index (κ1) is 26.1. The lowest BCUT2D eigenvalue weighted by Crippen LogP contribution is -2.56. The lowest BCUT2D eigenvalue weighted by molar-refractivity contribution is -0.138. The van der Waals surface area contributed by atoms with E-state index in [2.05, 4.69) is 23.7 Å². The normalized spacial score (nSPS) is 21.1. The van der Waals surface area contributed by atoms with E-state index in [0.717, 1.165) is 22.3 Å². The molecule has 0 bridgehead atoms. The van der Waals surface area contributed by atoms with Crippen LogP contribution in [-0.2, 0) is 9.59 Å². The summed E-state index contributed by atoms with van der Waals surface area (Å²) in [5.74, 6) is 1.96. The van der Waals surface area contributed by atoms with Gasteiger partial charge < -0.3 is 10.2 Å². The van der Waals surface area contributed by atoms with Gasteiger partial charge in [0.05, 0.1) is 0 Å². The Hall–Kier alpha value is -3.01. The van der Waals surface area contributed by atoms with E-state index in [1.807, 2.05) is 26.0 Å². The number of amides is 2. The number of carbonyl (C=O) groups is 3. The Balaban J connectivity index is 1.42. The van der Waals surface area contributed by atoms with Crippen LogP contribution in [0.5, 0.6) is 0 Å². The maximum absolute atomic E-state index is 14.5. The predicted octanol–water partition coefficient (Wildman–Crippen LogP) is 5.23. The maximum atomic E-state index is 14.5. The number of nitrogens with zero attached hydrogens (tertiary/aromatic N) is 1. The van der Waals surface area contributed by atoms with E-state index in [-0.39, 0.29) is 37.2 Å². The van der Waals surface area contributed by atoms with Gasteiger partial charge in [-0.05, 0) is 80.7 Å². The van der Waals surface area contributed by atoms with Gasteiger partial charge in [-0.2, -0.15) is 0 Å². The lowest BCUT2D eigenvalue weighted by Gasteiger charge is -2.45. The Bertz CT molecular complexity index is 1120. The molecule has 2 saturated carbocycles. The van der Waals surface area contributed by atoms with Gasteiger partial charge in [-0.25, -0.2) is 13.6 Å². The molecule has 5 nitrogen and oxygen atoms in total. The van der Waals surface area contributed by atoms with Crippen LogP contribution in [0.1, 0.15) is 80.0 Å². The Labute approximate surface area is 211 Å². The minimum absolute atomic E-state index is 0.0781. The number of ketones is 2. The summed E-state index contributed by atoms with van der Waals surface area (Å²) < 4.78 is 28.9. The van der Waals surface area contributed by atoms with Crippen molar-refractivity contribution in [2.45, 2.75) is 83.1 Å². The quantitative estimate of drug-likeness (QED) is 0.345. The molecule has 2 amide bonds. The molecule has 0 unspecified atom stereocenters. The van der Waals surface area contributed by atoms with E-state index < -0.39 is 35.2 Å². The standard InChI is InChI=1S/C29H34F2N2O3/c1-5-7-21-15-19(3)24(20(4)16-21)25-22(34)17-27(18-23(25)35)11-13-33(14-12-27)26(36)32-28(9-10-28)29(30,31)8-6-2/h6,15-16,25H,2,8-14,17-18H2,1,3-4H3,(H,32,36). The molecule has 1 aromatic carbocycles. The molecule has 4 rings (SSSR count). The molecule has 0 radical (unpaired) electrons. The van der Waals surface area contributed by atoms with Crippen LogP contribution in [0, 0.1) is 31.1 Å². The number of nitrogens with one attached hydrogen (secondary N) is 1. The van der Waals surface area contributed by atoms with Crippen molar-refractivity contribution in [1.29, 1.82) is 0 Å². The molecule has 1 aromatic rings. The Kier molecular flexibility index (Phi) is 6.85. The average molecular weight is 497 g/mol. The highest BCUT2D eigenvalue weighted by Crippen LogP contribution is 2.51. The highest BCUT2D eigenvalue weighted by Gasteiger charge is 2.62. The number of halogens is 2. The van der Waals surface area contributed by atoms with Crippen molar-refractivity contribution in [2.75, 3.05) is 13.1 Å². The van der Waals surface area contributed by atoms with Gasteiger partial charge in [-0.3, -0.25) is 9.59 Å². The van der Waals surface area contributed by atoms with Crippen LogP contribution in [-0.4, -0.2) is 47.0 Å². The molecule has 0 aromatic heterocycles. The largest absolute Gasteiger partial charge is 0.326 e. The fourth-order valence-corrected chi connectivity index (χ4v) is 6.06. The fourth-order valence-electron chi connectivity index (χ4n) is 6.06. The molecular formula is C29H34F2N2O3. The predicted molar refractivity (Wildman–Crippen MR) is 134 cm³/mol. The van der Waals surface area contributed by atoms with Crippen molar-refractivity contribution < 1.29 is 23.2 Å². The van der Waals surface area contributed by atoms with Crippen LogP contribution < -0.4 is 5.32 Å². The minimum atomic E-state index is -3.03. The number of benzene rings is 1. The summed E-state index contributed by atoms with van der Waals surface area (Å²) in [5.41, 5.74) is 1.47. The first-order valence-electron chi connectivity index (χ1n) is 12.6. The molecule has 1 saturated heterocycles. The van der Waals surface area contributed by atoms with E-state index >= 15 is 0 Å². The van der Waals surface area contributed by atoms with Gasteiger partial charge in [0, 0.05) is 37.9 Å². The average Bonchev–Trinajstić information content (AvgIpc) is 3.57. The SMILES string of the molecule is C=CCC(F)(F)C1(NC(=O)N2CCC3(CC2)CC(=O)C(c2c(C)cc(C#CC)cc2C)C(=O)C3)CC1. The number of piperidine rings is 1. The summed E-state index contributed by atoms with van der Waals surface area (Å²) in [6, 6.07) is 3.34. The summed E-state index contributed by atoms with van der Waals surface area (Å²) >= 11 is 0. The van der Waals surface area contributed by atoms with Gasteiger partial charge in [0.1, 0.15) is 23.0 Å². The van der Waals surface area contributed by atoms with Gasteiger partial charge in [0.15, 0.2) is 0 Å². The van der Waals surface area contributed by atoms with Crippen molar-refractivity contribution in [3.8, 4) is 11.8 Å². The first-order chi connectivity index (χ1) is 17.0. The summed E-state index contributed by atoms with van der Waals surface area (Å²) in [4.78, 5) is 41.0. The molecule has 2 aliphatic carbocycles. The molecule has 1 N–H and O–H groups in total. The van der Waals surface area contributed by atoms with Gasteiger partial charge >= 0.3 is 6.03 Å². The zero-order valence-electron chi connectivity index (χ0n) is 21.3. The van der Waals surface area contributed by atoms with Crippen LogP contribution in [0.15, 0.2) is 24.8 Å². The third-order valence-electron chi connectivity index (χ3n) is 8.20. The number of rotatable bonds is 5. The lowest BCUT2D eigenvalue weighted by atomic mass is 9.62. The van der Waals surface area contributed by atoms with Crippen LogP contribution in [0.25, 0.3) is 0 Å². The number of hydrogen-bond donors (Lipinski definition) is 1. The second-order valence-corrected chi connectivity index (χ2v) is 10.8. The zero-order chi connectivity index (χ0) is 26.3. The molecule has 3 fully saturated rings. The number of Topliss-reactive ketones (excluding diaryl/α,β-unsaturated/α-hetero) is 2. The van der Waals surface area contributed by atoms with Gasteiger partial charge in [-0.1, -0.05) is 12.0 Å². The number of carbonyl (C=O) groups excluding carboxylic acids is 3. The summed E-state index contributed by atoms with van der Waals surface area (Å²) in [7, 11) is 0. The molecule has 0 atom stereocenters. The number of likely N-dealkylation sites (tertiary alicyclic amines) is 1. The van der Waals surface area contributed by atoms with E-state index in [1.165, 1.54) is 11.0 Å². The molecule has 36 heavy (non-hydrogen) atoms. The molecular weight excluding hydrogens is 462 g/mol.